The standard InChI is InChI=1S/C55H85NO23/c1-25-47(78-40-21-35(69-8)48(26(2)72-40)79-51-46(64)44(62)42(60)37(77-51)24-70-50-45(63)43(61)41(59)36(23-57)76-50)34(68-7)20-39(71-25)75-31-13-14-52(5)30(18-31)11-12-32-33(52)19-38(74-28(4)58)53(6)54(66,15-16-55(32,53)67)27(3)73-49(65)29-10-9-17-56-22-29/h9-10,17,22,25-27,30-48,50-51,57,59-64,66-67H,11-16,18-21,23-24H2,1-8H3/t25-,26-,27?,30+,31+,32-,33+,34+,35-,36-,37-,38-,39+,40+,41-,42-,43+,44+,45-,46-,47-,48-,50-,51+,52+,53-,54-,55+/m1/s1. The first-order chi connectivity index (χ1) is 37.4. The van der Waals surface area contributed by atoms with Crippen LogP contribution in [0.25, 0.3) is 0 Å². The van der Waals surface area contributed by atoms with Gasteiger partial charge in [-0.25, -0.2) is 4.79 Å². The minimum atomic E-state index is -1.76. The fourth-order valence-electron chi connectivity index (χ4n) is 15.3. The van der Waals surface area contributed by atoms with Crippen LogP contribution in [0, 0.1) is 28.6 Å². The van der Waals surface area contributed by atoms with Gasteiger partial charge in [-0.05, 0) is 107 Å². The summed E-state index contributed by atoms with van der Waals surface area (Å²) in [6, 6.07) is 3.21. The van der Waals surface area contributed by atoms with Crippen molar-refractivity contribution in [3.05, 3.63) is 30.1 Å². The van der Waals surface area contributed by atoms with Crippen molar-refractivity contribution in [1.82, 2.24) is 4.98 Å². The van der Waals surface area contributed by atoms with Gasteiger partial charge in [0, 0.05) is 46.4 Å². The number of nitrogens with zero attached hydrogens (tertiary/aromatic N) is 1. The van der Waals surface area contributed by atoms with E-state index in [-0.39, 0.29) is 54.1 Å². The van der Waals surface area contributed by atoms with Crippen LogP contribution >= 0.6 is 0 Å². The molecular formula is C55H85NO23. The van der Waals surface area contributed by atoms with E-state index in [2.05, 4.69) is 11.9 Å². The van der Waals surface area contributed by atoms with Gasteiger partial charge in [0.25, 0.3) is 0 Å². The molecule has 28 atom stereocenters. The Morgan fingerprint density at radius 1 is 0.734 bits per heavy atom. The summed E-state index contributed by atoms with van der Waals surface area (Å²) in [6.07, 6.45) is -15.2. The minimum absolute atomic E-state index is 0.0429. The molecule has 1 unspecified atom stereocenters. The molecule has 9 rings (SSSR count). The third-order valence-corrected chi connectivity index (χ3v) is 19.9. The zero-order valence-electron chi connectivity index (χ0n) is 46.3. The number of fused-ring (bicyclic) bond motifs is 5. The summed E-state index contributed by atoms with van der Waals surface area (Å²) in [5.74, 6) is -1.21. The van der Waals surface area contributed by atoms with E-state index in [0.29, 0.717) is 19.3 Å². The molecule has 4 saturated heterocycles. The number of ether oxygens (including phenoxy) is 12. The van der Waals surface area contributed by atoms with Gasteiger partial charge in [0.15, 0.2) is 25.2 Å². The van der Waals surface area contributed by atoms with Crippen LogP contribution in [-0.4, -0.2) is 230 Å². The largest absolute Gasteiger partial charge is 0.462 e. The third-order valence-electron chi connectivity index (χ3n) is 19.9. The van der Waals surface area contributed by atoms with E-state index in [1.807, 2.05) is 6.92 Å². The van der Waals surface area contributed by atoms with Gasteiger partial charge in [0.2, 0.25) is 0 Å². The molecule has 0 spiro atoms. The number of carbonyl (C=O) groups excluding carboxylic acids is 2. The van der Waals surface area contributed by atoms with Gasteiger partial charge in [-0.15, -0.1) is 0 Å². The summed E-state index contributed by atoms with van der Waals surface area (Å²) in [7, 11) is 3.08. The van der Waals surface area contributed by atoms with Crippen molar-refractivity contribution in [2.75, 3.05) is 27.4 Å². The number of pyridine rings is 1. The van der Waals surface area contributed by atoms with Gasteiger partial charge >= 0.3 is 11.9 Å². The van der Waals surface area contributed by atoms with Crippen molar-refractivity contribution in [3.8, 4) is 0 Å². The molecule has 4 aliphatic carbocycles. The van der Waals surface area contributed by atoms with Crippen molar-refractivity contribution < 1.29 is 112 Å². The van der Waals surface area contributed by atoms with Gasteiger partial charge in [-0.3, -0.25) is 9.78 Å². The number of hydrogen-bond acceptors (Lipinski definition) is 24. The van der Waals surface area contributed by atoms with Crippen molar-refractivity contribution in [3.63, 3.8) is 0 Å². The second-order valence-electron chi connectivity index (χ2n) is 24.0. The van der Waals surface area contributed by atoms with Crippen molar-refractivity contribution >= 4 is 11.9 Å². The highest BCUT2D eigenvalue weighted by atomic mass is 16.8. The highest BCUT2D eigenvalue weighted by Crippen LogP contribution is 2.71. The van der Waals surface area contributed by atoms with Crippen LogP contribution in [-0.2, 0) is 61.6 Å². The Kier molecular flexibility index (Phi) is 18.6. The Morgan fingerprint density at radius 3 is 1.97 bits per heavy atom. The monoisotopic (exact) mass is 1130 g/mol. The normalized spacial score (nSPS) is 49.4. The Morgan fingerprint density at radius 2 is 1.35 bits per heavy atom. The molecule has 0 radical (unpaired) electrons. The third kappa shape index (κ3) is 11.2. The summed E-state index contributed by atoms with van der Waals surface area (Å²) in [4.78, 5) is 30.1. The fourth-order valence-corrected chi connectivity index (χ4v) is 15.3. The molecule has 1 aromatic rings. The highest BCUT2D eigenvalue weighted by Gasteiger charge is 2.77. The average molecular weight is 1130 g/mol. The molecule has 0 aromatic carbocycles. The lowest BCUT2D eigenvalue weighted by Gasteiger charge is -2.66. The molecule has 24 nitrogen and oxygen atoms in total. The smallest absolute Gasteiger partial charge is 0.340 e. The second-order valence-corrected chi connectivity index (χ2v) is 24.0. The Bertz CT molecular complexity index is 2220. The molecule has 4 saturated carbocycles. The first kappa shape index (κ1) is 60.9. The predicted octanol–water partition coefficient (Wildman–Crippen LogP) is 0.137. The molecule has 4 aliphatic heterocycles. The number of methoxy groups -OCH3 is 2. The van der Waals surface area contributed by atoms with Crippen LogP contribution in [0.1, 0.15) is 116 Å². The molecule has 8 fully saturated rings. The predicted molar refractivity (Wildman–Crippen MR) is 269 cm³/mol. The lowest BCUT2D eigenvalue weighted by Crippen LogP contribution is -2.72. The van der Waals surface area contributed by atoms with Gasteiger partial charge < -0.3 is 103 Å². The van der Waals surface area contributed by atoms with Gasteiger partial charge in [0.05, 0.1) is 60.3 Å². The maximum Gasteiger partial charge on any atom is 0.340 e. The van der Waals surface area contributed by atoms with Crippen molar-refractivity contribution in [2.45, 2.75) is 246 Å². The van der Waals surface area contributed by atoms with Crippen LogP contribution in [0.3, 0.4) is 0 Å². The molecule has 9 N–H and O–H groups in total. The van der Waals surface area contributed by atoms with Crippen LogP contribution in [0.15, 0.2) is 24.5 Å². The average Bonchev–Trinajstić information content (AvgIpc) is 2.68. The Balaban J connectivity index is 0.791. The van der Waals surface area contributed by atoms with Crippen LogP contribution in [0.4, 0.5) is 0 Å². The maximum atomic E-state index is 13.3. The lowest BCUT2D eigenvalue weighted by atomic mass is 9.42. The maximum absolute atomic E-state index is 13.3. The first-order valence-corrected chi connectivity index (χ1v) is 28.1. The van der Waals surface area contributed by atoms with Crippen molar-refractivity contribution in [2.24, 2.45) is 28.6 Å². The van der Waals surface area contributed by atoms with E-state index in [0.717, 1.165) is 25.7 Å². The van der Waals surface area contributed by atoms with Crippen LogP contribution in [0.5, 0.6) is 0 Å². The number of hydrogen-bond donors (Lipinski definition) is 9. The van der Waals surface area contributed by atoms with E-state index in [9.17, 15) is 55.5 Å². The summed E-state index contributed by atoms with van der Waals surface area (Å²) >= 11 is 0. The van der Waals surface area contributed by atoms with E-state index >= 15 is 0 Å². The molecule has 0 bridgehead atoms. The quantitative estimate of drug-likeness (QED) is 0.0785. The van der Waals surface area contributed by atoms with Crippen LogP contribution < -0.4 is 0 Å². The summed E-state index contributed by atoms with van der Waals surface area (Å²) in [5, 5.41) is 98.8. The van der Waals surface area contributed by atoms with Gasteiger partial charge in [-0.1, -0.05) is 13.8 Å². The van der Waals surface area contributed by atoms with Gasteiger partial charge in [-0.2, -0.15) is 0 Å². The molecule has 0 amide bonds. The number of aliphatic hydroxyl groups is 9. The molecule has 1 aromatic heterocycles. The Hall–Kier alpha value is -2.67. The number of aromatic nitrogens is 1. The van der Waals surface area contributed by atoms with E-state index in [1.54, 1.807) is 46.2 Å². The highest BCUT2D eigenvalue weighted by molar-refractivity contribution is 5.89. The fraction of sp³-hybridized carbons (Fsp3) is 0.873. The number of aliphatic hydroxyl groups excluding tert-OH is 7. The van der Waals surface area contributed by atoms with E-state index in [4.69, 9.17) is 56.8 Å². The lowest BCUT2D eigenvalue weighted by molar-refractivity contribution is -0.360. The zero-order chi connectivity index (χ0) is 57.1. The molecule has 79 heavy (non-hydrogen) atoms. The summed E-state index contributed by atoms with van der Waals surface area (Å²) in [5.41, 5.74) is -4.52. The first-order valence-electron chi connectivity index (χ1n) is 28.1. The van der Waals surface area contributed by atoms with E-state index in [1.165, 1.54) is 20.2 Å². The van der Waals surface area contributed by atoms with E-state index < -0.39 is 165 Å². The van der Waals surface area contributed by atoms with Gasteiger partial charge in [0.1, 0.15) is 78.8 Å². The topological polar surface area (TPSA) is 340 Å². The Labute approximate surface area is 460 Å². The van der Waals surface area contributed by atoms with Crippen molar-refractivity contribution in [1.29, 1.82) is 0 Å². The summed E-state index contributed by atoms with van der Waals surface area (Å²) in [6.45, 7) is 9.46. The minimum Gasteiger partial charge on any atom is -0.462 e. The second kappa shape index (κ2) is 24.1. The number of rotatable bonds is 16. The molecular weight excluding hydrogens is 1040 g/mol. The molecule has 5 heterocycles. The SMILES string of the molecule is CO[C@H]1C[C@H](O[C@H]2CC[C@@]3(C)[C@@H](CC[C@@H]4[C@@H]3C[C@@H](OC(C)=O)[C@]3(C)[C@](O)(C(C)OC(=O)c5cccnc5)CC[C@]43O)C2)O[C@H](C)[C@H]1O[C@H]1C[C@@H](OC)[C@H](O[C@@H]2O[C@H](CO[C@@H]3O[C@H](CO)[C@@H](O)[C@H](O)[C@H]3O)[C@@H](O)[C@H](O)[C@H]2O)[C@@H](C)O1. The van der Waals surface area contributed by atoms with Crippen LogP contribution in [0.2, 0.25) is 0 Å². The number of esters is 2. The number of carbonyl (C=O) groups is 2. The molecule has 448 valence electrons. The summed E-state index contributed by atoms with van der Waals surface area (Å²) < 4.78 is 73.2. The molecule has 24 heteroatoms. The molecule has 8 aliphatic rings. The zero-order valence-corrected chi connectivity index (χ0v) is 46.3.